The number of nitrogens with zero attached hydrogens (tertiary/aromatic N) is 2. The summed E-state index contributed by atoms with van der Waals surface area (Å²) in [4.78, 5) is 18.1. The Morgan fingerprint density at radius 2 is 2.44 bits per heavy atom. The second kappa shape index (κ2) is 4.69. The van der Waals surface area contributed by atoms with E-state index in [1.165, 1.54) is 5.56 Å². The van der Waals surface area contributed by atoms with Crippen LogP contribution in [0.25, 0.3) is 0 Å². The largest absolute Gasteiger partial charge is 0.338 e. The van der Waals surface area contributed by atoms with Gasteiger partial charge in [-0.2, -0.15) is 0 Å². The van der Waals surface area contributed by atoms with E-state index in [-0.39, 0.29) is 6.04 Å². The molecule has 3 rings (SSSR count). The van der Waals surface area contributed by atoms with Gasteiger partial charge in [0.2, 0.25) is 5.91 Å². The molecule has 2 aliphatic heterocycles. The predicted octanol–water partition coefficient (Wildman–Crippen LogP) is 1.50. The van der Waals surface area contributed by atoms with Crippen molar-refractivity contribution in [2.75, 3.05) is 6.54 Å². The van der Waals surface area contributed by atoms with E-state index in [1.54, 1.807) is 6.20 Å². The summed E-state index contributed by atoms with van der Waals surface area (Å²) in [6, 6.07) is 4.99. The number of pyridine rings is 1. The molecular formula is C14H19N3O. The highest BCUT2D eigenvalue weighted by atomic mass is 16.2. The molecule has 1 aromatic rings. The van der Waals surface area contributed by atoms with Crippen LogP contribution in [0.3, 0.4) is 0 Å². The zero-order valence-electron chi connectivity index (χ0n) is 10.7. The average Bonchev–Trinajstić information content (AvgIpc) is 2.97. The molecule has 2 unspecified atom stereocenters. The van der Waals surface area contributed by atoms with Crippen LogP contribution in [0.1, 0.15) is 37.8 Å². The Morgan fingerprint density at radius 3 is 3.22 bits per heavy atom. The molecule has 3 atom stereocenters. The van der Waals surface area contributed by atoms with Gasteiger partial charge in [0.05, 0.1) is 0 Å². The Morgan fingerprint density at radius 1 is 1.56 bits per heavy atom. The Balaban J connectivity index is 1.68. The Hall–Kier alpha value is -1.42. The number of fused-ring (bicyclic) bond motifs is 1. The van der Waals surface area contributed by atoms with Gasteiger partial charge in [-0.1, -0.05) is 6.07 Å². The monoisotopic (exact) mass is 245 g/mol. The number of rotatable bonds is 3. The van der Waals surface area contributed by atoms with Gasteiger partial charge in [0, 0.05) is 43.5 Å². The van der Waals surface area contributed by atoms with Gasteiger partial charge in [-0.3, -0.25) is 9.78 Å². The number of amides is 1. The van der Waals surface area contributed by atoms with E-state index in [0.717, 1.165) is 19.4 Å². The van der Waals surface area contributed by atoms with Crippen molar-refractivity contribution in [2.24, 2.45) is 0 Å². The van der Waals surface area contributed by atoms with Gasteiger partial charge in [-0.15, -0.1) is 0 Å². The second-order valence-electron chi connectivity index (χ2n) is 5.28. The zero-order valence-corrected chi connectivity index (χ0v) is 10.7. The van der Waals surface area contributed by atoms with Gasteiger partial charge in [-0.05, 0) is 31.4 Å². The highest BCUT2D eigenvalue weighted by Crippen LogP contribution is 2.30. The molecule has 2 fully saturated rings. The number of carbonyl (C=O) groups is 1. The molecule has 3 heterocycles. The lowest BCUT2D eigenvalue weighted by molar-refractivity contribution is -0.127. The average molecular weight is 245 g/mol. The molecule has 96 valence electrons. The first kappa shape index (κ1) is 11.7. The summed E-state index contributed by atoms with van der Waals surface area (Å²) >= 11 is 0. The maximum Gasteiger partial charge on any atom is 0.224 e. The minimum atomic E-state index is 0.247. The number of carbonyl (C=O) groups excluding carboxylic acids is 1. The summed E-state index contributed by atoms with van der Waals surface area (Å²) in [5.74, 6) is 0.313. The molecule has 0 aromatic carbocycles. The molecular weight excluding hydrogens is 226 g/mol. The molecule has 0 aliphatic carbocycles. The van der Waals surface area contributed by atoms with Gasteiger partial charge >= 0.3 is 0 Å². The Labute approximate surface area is 107 Å². The lowest BCUT2D eigenvalue weighted by Gasteiger charge is -2.24. The van der Waals surface area contributed by atoms with Crippen LogP contribution in [0.5, 0.6) is 0 Å². The van der Waals surface area contributed by atoms with Crippen LogP contribution in [0.4, 0.5) is 0 Å². The summed E-state index contributed by atoms with van der Waals surface area (Å²) in [5.41, 5.74) is 1.18. The summed E-state index contributed by atoms with van der Waals surface area (Å²) < 4.78 is 0. The molecule has 1 N–H and O–H groups in total. The first-order valence-electron chi connectivity index (χ1n) is 6.71. The molecule has 0 saturated carbocycles. The van der Waals surface area contributed by atoms with Crippen molar-refractivity contribution in [2.45, 2.75) is 44.3 Å². The first-order valence-corrected chi connectivity index (χ1v) is 6.71. The predicted molar refractivity (Wildman–Crippen MR) is 68.9 cm³/mol. The maximum atomic E-state index is 11.9. The standard InChI is InChI=1S/C14H19N3O/c1-10(11-4-2-6-15-9-11)16-12-8-14(18)17-7-3-5-13(12)17/h2,4,6,9-10,12-13,16H,3,5,7-8H2,1H3/t10-,12?,13?/m1/s1. The van der Waals surface area contributed by atoms with Crippen LogP contribution >= 0.6 is 0 Å². The highest BCUT2D eigenvalue weighted by Gasteiger charge is 2.42. The Bertz CT molecular complexity index is 434. The normalized spacial score (nSPS) is 28.5. The lowest BCUT2D eigenvalue weighted by atomic mass is 10.0. The van der Waals surface area contributed by atoms with Crippen LogP contribution in [0.15, 0.2) is 24.5 Å². The van der Waals surface area contributed by atoms with E-state index < -0.39 is 0 Å². The molecule has 4 heteroatoms. The zero-order chi connectivity index (χ0) is 12.5. The third-order valence-electron chi connectivity index (χ3n) is 4.13. The SMILES string of the molecule is C[C@@H](NC1CC(=O)N2CCCC12)c1cccnc1. The lowest BCUT2D eigenvalue weighted by Crippen LogP contribution is -2.40. The van der Waals surface area contributed by atoms with Gasteiger partial charge in [0.25, 0.3) is 0 Å². The summed E-state index contributed by atoms with van der Waals surface area (Å²) in [6.45, 7) is 3.09. The maximum absolute atomic E-state index is 11.9. The molecule has 4 nitrogen and oxygen atoms in total. The number of aromatic nitrogens is 1. The highest BCUT2D eigenvalue weighted by molar-refractivity contribution is 5.80. The molecule has 2 saturated heterocycles. The second-order valence-corrected chi connectivity index (χ2v) is 5.28. The first-order chi connectivity index (χ1) is 8.75. The third kappa shape index (κ3) is 2.01. The molecule has 2 aliphatic rings. The van der Waals surface area contributed by atoms with Crippen LogP contribution < -0.4 is 5.32 Å². The summed E-state index contributed by atoms with van der Waals surface area (Å²) in [6.07, 6.45) is 6.61. The van der Waals surface area contributed by atoms with E-state index in [1.807, 2.05) is 17.2 Å². The van der Waals surface area contributed by atoms with E-state index in [2.05, 4.69) is 23.3 Å². The van der Waals surface area contributed by atoms with Crippen LogP contribution in [0, 0.1) is 0 Å². The van der Waals surface area contributed by atoms with E-state index in [0.29, 0.717) is 24.4 Å². The van der Waals surface area contributed by atoms with Crippen LogP contribution in [-0.4, -0.2) is 34.4 Å². The van der Waals surface area contributed by atoms with Crippen molar-refractivity contribution >= 4 is 5.91 Å². The fourth-order valence-electron chi connectivity index (χ4n) is 3.18. The minimum absolute atomic E-state index is 0.247. The Kier molecular flexibility index (Phi) is 3.04. The molecule has 0 radical (unpaired) electrons. The van der Waals surface area contributed by atoms with Crippen molar-refractivity contribution in [1.82, 2.24) is 15.2 Å². The number of hydrogen-bond donors (Lipinski definition) is 1. The third-order valence-corrected chi connectivity index (χ3v) is 4.13. The van der Waals surface area contributed by atoms with Gasteiger partial charge in [0.15, 0.2) is 0 Å². The van der Waals surface area contributed by atoms with Crippen molar-refractivity contribution in [3.63, 3.8) is 0 Å². The van der Waals surface area contributed by atoms with Crippen molar-refractivity contribution in [1.29, 1.82) is 0 Å². The quantitative estimate of drug-likeness (QED) is 0.877. The summed E-state index contributed by atoms with van der Waals surface area (Å²) in [5, 5.41) is 3.59. The fourth-order valence-corrected chi connectivity index (χ4v) is 3.18. The molecule has 1 aromatic heterocycles. The van der Waals surface area contributed by atoms with Crippen molar-refractivity contribution < 1.29 is 4.79 Å². The van der Waals surface area contributed by atoms with E-state index >= 15 is 0 Å². The smallest absolute Gasteiger partial charge is 0.224 e. The molecule has 1 amide bonds. The fraction of sp³-hybridized carbons (Fsp3) is 0.571. The van der Waals surface area contributed by atoms with E-state index in [9.17, 15) is 4.79 Å². The molecule has 18 heavy (non-hydrogen) atoms. The van der Waals surface area contributed by atoms with Crippen LogP contribution in [-0.2, 0) is 4.79 Å². The molecule has 0 bridgehead atoms. The number of hydrogen-bond acceptors (Lipinski definition) is 3. The van der Waals surface area contributed by atoms with Gasteiger partial charge in [-0.25, -0.2) is 0 Å². The van der Waals surface area contributed by atoms with Gasteiger partial charge in [0.1, 0.15) is 0 Å². The van der Waals surface area contributed by atoms with Gasteiger partial charge < -0.3 is 10.2 Å². The minimum Gasteiger partial charge on any atom is -0.338 e. The van der Waals surface area contributed by atoms with Crippen LogP contribution in [0.2, 0.25) is 0 Å². The van der Waals surface area contributed by atoms with E-state index in [4.69, 9.17) is 0 Å². The number of nitrogens with one attached hydrogen (secondary N) is 1. The summed E-state index contributed by atoms with van der Waals surface area (Å²) in [7, 11) is 0. The molecule has 0 spiro atoms. The van der Waals surface area contributed by atoms with Crippen molar-refractivity contribution in [3.05, 3.63) is 30.1 Å². The topological polar surface area (TPSA) is 45.2 Å². The van der Waals surface area contributed by atoms with Crippen molar-refractivity contribution in [3.8, 4) is 0 Å².